The van der Waals surface area contributed by atoms with E-state index in [0.717, 1.165) is 11.6 Å². The first-order valence-electron chi connectivity index (χ1n) is 8.02. The van der Waals surface area contributed by atoms with Crippen molar-refractivity contribution in [1.82, 2.24) is 20.6 Å². The van der Waals surface area contributed by atoms with E-state index >= 15 is 0 Å². The first-order valence-corrected chi connectivity index (χ1v) is 8.02. The average Bonchev–Trinajstić information content (AvgIpc) is 2.90. The molecule has 0 aliphatic heterocycles. The molecule has 0 aliphatic carbocycles. The molecule has 3 rings (SSSR count). The van der Waals surface area contributed by atoms with Gasteiger partial charge in [0.25, 0.3) is 11.5 Å². The van der Waals surface area contributed by atoms with Gasteiger partial charge in [-0.3, -0.25) is 20.1 Å². The number of aromatic amines is 1. The topological polar surface area (TPSA) is 119 Å². The van der Waals surface area contributed by atoms with Gasteiger partial charge in [-0.05, 0) is 31.2 Å². The third kappa shape index (κ3) is 3.69. The van der Waals surface area contributed by atoms with Crippen LogP contribution < -0.4 is 27.0 Å². The number of nitrogens with zero attached hydrogens (tertiary/aromatic N) is 1. The number of phenolic OH excluding ortho intramolecular Hbond substituents is 2. The summed E-state index contributed by atoms with van der Waals surface area (Å²) in [6.45, 7) is 5.75. The molecule has 1 heterocycles. The summed E-state index contributed by atoms with van der Waals surface area (Å²) in [6.07, 6.45) is 1.31. The Morgan fingerprint density at radius 3 is 2.56 bits per heavy atom. The summed E-state index contributed by atoms with van der Waals surface area (Å²) >= 11 is 0. The van der Waals surface area contributed by atoms with Crippen LogP contribution in [0.3, 0.4) is 0 Å². The first kappa shape index (κ1) is 17.9. The first-order chi connectivity index (χ1) is 12.9. The Hall–Kier alpha value is -3.94. The summed E-state index contributed by atoms with van der Waals surface area (Å²) in [7, 11) is 0. The van der Waals surface area contributed by atoms with Crippen molar-refractivity contribution < 1.29 is 15.0 Å². The summed E-state index contributed by atoms with van der Waals surface area (Å²) in [4.78, 5) is 24.6. The van der Waals surface area contributed by atoms with Crippen LogP contribution in [-0.4, -0.2) is 25.9 Å². The van der Waals surface area contributed by atoms with Gasteiger partial charge in [-0.25, -0.2) is 4.68 Å². The average molecular weight is 366 g/mol. The molecule has 0 bridgehead atoms. The van der Waals surface area contributed by atoms with Crippen molar-refractivity contribution in [3.05, 3.63) is 74.5 Å². The number of aryl methyl sites for hydroxylation is 1. The summed E-state index contributed by atoms with van der Waals surface area (Å²) in [6, 6.07) is 11.0. The Balaban J connectivity index is 1.82. The second-order valence-electron chi connectivity index (χ2n) is 5.92. The van der Waals surface area contributed by atoms with Crippen LogP contribution in [0.1, 0.15) is 15.9 Å². The van der Waals surface area contributed by atoms with Crippen molar-refractivity contribution in [2.75, 3.05) is 0 Å². The highest BCUT2D eigenvalue weighted by Crippen LogP contribution is 2.21. The smallest absolute Gasteiger partial charge is 0.280 e. The molecule has 1 aromatic heterocycles. The van der Waals surface area contributed by atoms with E-state index in [-0.39, 0.29) is 27.8 Å². The maximum Gasteiger partial charge on any atom is 0.280 e. The van der Waals surface area contributed by atoms with E-state index in [2.05, 4.69) is 22.5 Å². The normalized spacial score (nSPS) is 11.4. The zero-order valence-electron chi connectivity index (χ0n) is 14.5. The second kappa shape index (κ2) is 7.12. The largest absolute Gasteiger partial charge is 0.508 e. The summed E-state index contributed by atoms with van der Waals surface area (Å²) in [5.74, 6) is -1.16. The summed E-state index contributed by atoms with van der Waals surface area (Å²) in [5.41, 5.74) is 6.23. The van der Waals surface area contributed by atoms with E-state index in [4.69, 9.17) is 0 Å². The number of hydrogen-bond donors (Lipinski definition) is 5. The number of H-pyrrole nitrogens is 1. The molecule has 0 radical (unpaired) electrons. The number of hydrogen-bond acceptors (Lipinski definition) is 5. The fourth-order valence-electron chi connectivity index (χ4n) is 2.47. The third-order valence-corrected chi connectivity index (χ3v) is 3.93. The van der Waals surface area contributed by atoms with Crippen LogP contribution in [0, 0.1) is 6.92 Å². The second-order valence-corrected chi connectivity index (χ2v) is 5.92. The number of rotatable bonds is 4. The van der Waals surface area contributed by atoms with Gasteiger partial charge < -0.3 is 15.6 Å². The van der Waals surface area contributed by atoms with Gasteiger partial charge in [-0.2, -0.15) is 0 Å². The van der Waals surface area contributed by atoms with E-state index in [1.54, 1.807) is 12.1 Å². The van der Waals surface area contributed by atoms with Gasteiger partial charge in [0.15, 0.2) is 0 Å². The molecule has 0 aliphatic rings. The number of aromatic hydroxyl groups is 2. The van der Waals surface area contributed by atoms with Crippen LogP contribution in [0.15, 0.2) is 47.3 Å². The Morgan fingerprint density at radius 1 is 1.19 bits per heavy atom. The molecule has 2 aromatic carbocycles. The molecule has 1 amide bonds. The third-order valence-electron chi connectivity index (χ3n) is 3.93. The Labute approximate surface area is 153 Å². The maximum atomic E-state index is 12.6. The summed E-state index contributed by atoms with van der Waals surface area (Å²) < 4.78 is 1.35. The van der Waals surface area contributed by atoms with E-state index < -0.39 is 5.91 Å². The van der Waals surface area contributed by atoms with Crippen molar-refractivity contribution in [3.8, 4) is 17.2 Å². The lowest BCUT2D eigenvalue weighted by Crippen LogP contribution is -2.41. The SMILES string of the molecule is C=c1[nH]n(-c2ccc(C)cc2)c(=O)/c1=C/NNC(=O)c1ccc(O)cc1O. The van der Waals surface area contributed by atoms with Gasteiger partial charge in [0, 0.05) is 12.3 Å². The molecule has 138 valence electrons. The molecule has 8 nitrogen and oxygen atoms in total. The number of carbonyl (C=O) groups is 1. The predicted molar refractivity (Wildman–Crippen MR) is 101 cm³/mol. The number of amides is 1. The lowest BCUT2D eigenvalue weighted by Gasteiger charge is -2.06. The fraction of sp³-hybridized carbons (Fsp3) is 0.0526. The number of nitrogens with one attached hydrogen (secondary N) is 3. The summed E-state index contributed by atoms with van der Waals surface area (Å²) in [5, 5.41) is 22.4. The molecule has 27 heavy (non-hydrogen) atoms. The molecular formula is C19H18N4O4. The minimum Gasteiger partial charge on any atom is -0.508 e. The number of hydrazine groups is 1. The number of benzene rings is 2. The molecule has 0 atom stereocenters. The fourth-order valence-corrected chi connectivity index (χ4v) is 2.47. The molecule has 8 heteroatoms. The molecule has 5 N–H and O–H groups in total. The van der Waals surface area contributed by atoms with Crippen LogP contribution in [0.2, 0.25) is 0 Å². The van der Waals surface area contributed by atoms with Crippen LogP contribution in [-0.2, 0) is 0 Å². The van der Waals surface area contributed by atoms with Crippen LogP contribution in [0.5, 0.6) is 11.5 Å². The Bertz CT molecular complexity index is 1160. The number of aromatic nitrogens is 2. The minimum absolute atomic E-state index is 0.0327. The van der Waals surface area contributed by atoms with Crippen molar-refractivity contribution in [1.29, 1.82) is 0 Å². The Morgan fingerprint density at radius 2 is 1.89 bits per heavy atom. The zero-order chi connectivity index (χ0) is 19.6. The quantitative estimate of drug-likeness (QED) is 0.416. The minimum atomic E-state index is -0.635. The monoisotopic (exact) mass is 366 g/mol. The van der Waals surface area contributed by atoms with Crippen molar-refractivity contribution >= 4 is 18.7 Å². The van der Waals surface area contributed by atoms with Gasteiger partial charge in [0.1, 0.15) is 11.5 Å². The van der Waals surface area contributed by atoms with Crippen LogP contribution in [0.25, 0.3) is 18.5 Å². The molecule has 0 saturated heterocycles. The lowest BCUT2D eigenvalue weighted by atomic mass is 10.2. The maximum absolute atomic E-state index is 12.6. The standard InChI is InChI=1S/C19H18N4O4/c1-11-3-5-13(6-4-11)23-19(27)16(12(2)22-23)10-20-21-18(26)15-8-7-14(24)9-17(15)25/h3-10,20,22,24-25H,2H2,1H3,(H,21,26)/b16-10+. The Kier molecular flexibility index (Phi) is 4.71. The lowest BCUT2D eigenvalue weighted by molar-refractivity contribution is 0.0940. The van der Waals surface area contributed by atoms with Gasteiger partial charge in [-0.15, -0.1) is 0 Å². The molecule has 0 unspecified atom stereocenters. The van der Waals surface area contributed by atoms with Crippen LogP contribution in [0.4, 0.5) is 0 Å². The van der Waals surface area contributed by atoms with Crippen molar-refractivity contribution in [3.63, 3.8) is 0 Å². The molecule has 3 aromatic rings. The molecule has 0 saturated carbocycles. The highest BCUT2D eigenvalue weighted by molar-refractivity contribution is 5.96. The predicted octanol–water partition coefficient (Wildman–Crippen LogP) is -0.0319. The number of carbonyl (C=O) groups excluding carboxylic acids is 1. The highest BCUT2D eigenvalue weighted by atomic mass is 16.3. The molecular weight excluding hydrogens is 348 g/mol. The van der Waals surface area contributed by atoms with E-state index in [9.17, 15) is 19.8 Å². The number of phenols is 2. The van der Waals surface area contributed by atoms with Gasteiger partial charge in [0.2, 0.25) is 0 Å². The van der Waals surface area contributed by atoms with E-state index in [0.29, 0.717) is 11.0 Å². The van der Waals surface area contributed by atoms with Crippen molar-refractivity contribution in [2.45, 2.75) is 6.92 Å². The highest BCUT2D eigenvalue weighted by Gasteiger charge is 2.11. The van der Waals surface area contributed by atoms with Gasteiger partial charge >= 0.3 is 0 Å². The van der Waals surface area contributed by atoms with Crippen LogP contribution >= 0.6 is 0 Å². The zero-order valence-corrected chi connectivity index (χ0v) is 14.5. The van der Waals surface area contributed by atoms with Gasteiger partial charge in [0.05, 0.1) is 21.8 Å². The molecule has 0 fully saturated rings. The van der Waals surface area contributed by atoms with Gasteiger partial charge in [-0.1, -0.05) is 24.3 Å². The van der Waals surface area contributed by atoms with E-state index in [1.165, 1.54) is 23.0 Å². The molecule has 0 spiro atoms. The van der Waals surface area contributed by atoms with Crippen molar-refractivity contribution in [2.24, 2.45) is 0 Å². The van der Waals surface area contributed by atoms with E-state index in [1.807, 2.05) is 19.1 Å².